The van der Waals surface area contributed by atoms with Crippen molar-refractivity contribution in [1.82, 2.24) is 0 Å². The molecule has 3 heteroatoms. The first-order chi connectivity index (χ1) is 15.7. The molecule has 182 valence electrons. The van der Waals surface area contributed by atoms with Crippen LogP contribution in [0.15, 0.2) is 30.3 Å². The normalized spacial score (nSPS) is 18.9. The van der Waals surface area contributed by atoms with Crippen LogP contribution in [0, 0.1) is 5.92 Å². The Hall–Kier alpha value is -1.35. The van der Waals surface area contributed by atoms with Gasteiger partial charge in [0.2, 0.25) is 0 Å². The summed E-state index contributed by atoms with van der Waals surface area (Å²) in [5.74, 6) is 0.106. The van der Waals surface area contributed by atoms with Gasteiger partial charge in [0, 0.05) is 6.42 Å². The van der Waals surface area contributed by atoms with Crippen LogP contribution in [0.5, 0.6) is 0 Å². The Morgan fingerprint density at radius 3 is 2.03 bits per heavy atom. The van der Waals surface area contributed by atoms with Gasteiger partial charge in [0.1, 0.15) is 6.10 Å². The predicted molar refractivity (Wildman–Crippen MR) is 134 cm³/mol. The third kappa shape index (κ3) is 11.0. The van der Waals surface area contributed by atoms with Gasteiger partial charge in [-0.05, 0) is 18.4 Å². The standard InChI is InChI=1S/C29H48O3/c1-3-5-7-9-10-11-12-13-17-21-26(31-24-25-19-15-14-16-20-25)23-28-27(29(30)32-28)22-18-8-6-4-2/h14-16,19-20,26-28H,3-13,17-18,21-24H2,1-2H3/t26-,27+,28+/m0/s1. The predicted octanol–water partition coefficient (Wildman–Crippen LogP) is 8.39. The summed E-state index contributed by atoms with van der Waals surface area (Å²) in [6, 6.07) is 10.4. The van der Waals surface area contributed by atoms with Crippen molar-refractivity contribution in [2.45, 2.75) is 135 Å². The number of unbranched alkanes of at least 4 members (excludes halogenated alkanes) is 11. The smallest absolute Gasteiger partial charge is 0.313 e. The molecule has 1 fully saturated rings. The molecule has 0 unspecified atom stereocenters. The molecule has 1 aromatic rings. The van der Waals surface area contributed by atoms with E-state index in [1.165, 1.54) is 82.6 Å². The quantitative estimate of drug-likeness (QED) is 0.150. The zero-order chi connectivity index (χ0) is 22.9. The van der Waals surface area contributed by atoms with Crippen molar-refractivity contribution in [3.63, 3.8) is 0 Å². The number of esters is 1. The minimum atomic E-state index is 0.0105. The van der Waals surface area contributed by atoms with Gasteiger partial charge in [-0.3, -0.25) is 4.79 Å². The van der Waals surface area contributed by atoms with Crippen molar-refractivity contribution in [2.75, 3.05) is 0 Å². The highest BCUT2D eigenvalue weighted by molar-refractivity contribution is 5.78. The lowest BCUT2D eigenvalue weighted by Gasteiger charge is -2.37. The molecular formula is C29H48O3. The maximum atomic E-state index is 12.0. The topological polar surface area (TPSA) is 35.5 Å². The molecule has 3 atom stereocenters. The highest BCUT2D eigenvalue weighted by atomic mass is 16.6. The molecule has 2 rings (SSSR count). The van der Waals surface area contributed by atoms with Crippen LogP contribution in [0.1, 0.15) is 122 Å². The lowest BCUT2D eigenvalue weighted by Crippen LogP contribution is -2.47. The van der Waals surface area contributed by atoms with E-state index in [1.807, 2.05) is 6.07 Å². The Bertz CT molecular complexity index is 585. The number of carbonyl (C=O) groups is 1. The fourth-order valence-electron chi connectivity index (χ4n) is 4.70. The van der Waals surface area contributed by atoms with E-state index < -0.39 is 0 Å². The molecule has 0 N–H and O–H groups in total. The first kappa shape index (κ1) is 26.9. The first-order valence-corrected chi connectivity index (χ1v) is 13.6. The fourth-order valence-corrected chi connectivity index (χ4v) is 4.70. The molecule has 1 saturated heterocycles. The zero-order valence-electron chi connectivity index (χ0n) is 20.9. The maximum absolute atomic E-state index is 12.0. The van der Waals surface area contributed by atoms with Crippen LogP contribution in [0.3, 0.4) is 0 Å². The minimum Gasteiger partial charge on any atom is -0.461 e. The average molecular weight is 445 g/mol. The van der Waals surface area contributed by atoms with Gasteiger partial charge in [-0.25, -0.2) is 0 Å². The zero-order valence-corrected chi connectivity index (χ0v) is 20.9. The van der Waals surface area contributed by atoms with Gasteiger partial charge in [-0.2, -0.15) is 0 Å². The van der Waals surface area contributed by atoms with Crippen molar-refractivity contribution < 1.29 is 14.3 Å². The lowest BCUT2D eigenvalue weighted by atomic mass is 9.86. The van der Waals surface area contributed by atoms with Gasteiger partial charge in [0.25, 0.3) is 0 Å². The maximum Gasteiger partial charge on any atom is 0.313 e. The van der Waals surface area contributed by atoms with E-state index in [0.717, 1.165) is 25.7 Å². The second-order valence-corrected chi connectivity index (χ2v) is 9.70. The van der Waals surface area contributed by atoms with Crippen LogP contribution in [-0.2, 0) is 20.9 Å². The second kappa shape index (κ2) is 17.2. The first-order valence-electron chi connectivity index (χ1n) is 13.6. The van der Waals surface area contributed by atoms with E-state index in [-0.39, 0.29) is 24.1 Å². The van der Waals surface area contributed by atoms with Crippen molar-refractivity contribution in [3.05, 3.63) is 35.9 Å². The SMILES string of the molecule is CCCCCCCCCCC[C@@H](C[C@H]1OC(=O)[C@@H]1CCCCCC)OCc1ccccc1. The molecule has 3 nitrogen and oxygen atoms in total. The Kier molecular flexibility index (Phi) is 14.4. The highest BCUT2D eigenvalue weighted by Gasteiger charge is 2.42. The van der Waals surface area contributed by atoms with Gasteiger partial charge >= 0.3 is 5.97 Å². The molecular weight excluding hydrogens is 396 g/mol. The summed E-state index contributed by atoms with van der Waals surface area (Å²) in [5, 5.41) is 0. The summed E-state index contributed by atoms with van der Waals surface area (Å²) in [4.78, 5) is 12.0. The minimum absolute atomic E-state index is 0.0105. The lowest BCUT2D eigenvalue weighted by molar-refractivity contribution is -0.190. The highest BCUT2D eigenvalue weighted by Crippen LogP contribution is 2.32. The van der Waals surface area contributed by atoms with E-state index >= 15 is 0 Å². The van der Waals surface area contributed by atoms with Crippen LogP contribution in [-0.4, -0.2) is 18.2 Å². The van der Waals surface area contributed by atoms with E-state index in [9.17, 15) is 4.79 Å². The van der Waals surface area contributed by atoms with E-state index in [1.54, 1.807) is 0 Å². The largest absolute Gasteiger partial charge is 0.461 e. The van der Waals surface area contributed by atoms with Gasteiger partial charge in [0.15, 0.2) is 0 Å². The summed E-state index contributed by atoms with van der Waals surface area (Å²) in [6.07, 6.45) is 20.0. The van der Waals surface area contributed by atoms with Crippen LogP contribution in [0.25, 0.3) is 0 Å². The van der Waals surface area contributed by atoms with Gasteiger partial charge in [-0.1, -0.05) is 128 Å². The van der Waals surface area contributed by atoms with Crippen molar-refractivity contribution in [3.8, 4) is 0 Å². The number of cyclic esters (lactones) is 1. The number of hydrogen-bond donors (Lipinski definition) is 0. The summed E-state index contributed by atoms with van der Waals surface area (Å²) in [7, 11) is 0. The summed E-state index contributed by atoms with van der Waals surface area (Å²) in [5.41, 5.74) is 1.21. The fraction of sp³-hybridized carbons (Fsp3) is 0.759. The van der Waals surface area contributed by atoms with Gasteiger partial charge in [-0.15, -0.1) is 0 Å². The number of carbonyl (C=O) groups excluding carboxylic acids is 1. The average Bonchev–Trinajstić information content (AvgIpc) is 2.81. The Balaban J connectivity index is 1.72. The van der Waals surface area contributed by atoms with Crippen molar-refractivity contribution in [2.24, 2.45) is 5.92 Å². The number of hydrogen-bond acceptors (Lipinski definition) is 3. The Morgan fingerprint density at radius 2 is 1.41 bits per heavy atom. The summed E-state index contributed by atoms with van der Waals surface area (Å²) >= 11 is 0. The number of benzene rings is 1. The third-order valence-electron chi connectivity index (χ3n) is 6.84. The second-order valence-electron chi connectivity index (χ2n) is 9.70. The molecule has 32 heavy (non-hydrogen) atoms. The van der Waals surface area contributed by atoms with Crippen molar-refractivity contribution >= 4 is 5.97 Å². The summed E-state index contributed by atoms with van der Waals surface area (Å²) < 4.78 is 11.9. The summed E-state index contributed by atoms with van der Waals surface area (Å²) in [6.45, 7) is 5.14. The Labute approximate surface area is 197 Å². The Morgan fingerprint density at radius 1 is 0.812 bits per heavy atom. The molecule has 0 aromatic heterocycles. The van der Waals surface area contributed by atoms with E-state index in [2.05, 4.69) is 38.1 Å². The van der Waals surface area contributed by atoms with Gasteiger partial charge in [0.05, 0.1) is 18.6 Å². The molecule has 1 aliphatic heterocycles. The molecule has 0 spiro atoms. The number of ether oxygens (including phenoxy) is 2. The molecule has 1 aromatic carbocycles. The number of rotatable bonds is 20. The van der Waals surface area contributed by atoms with E-state index in [0.29, 0.717) is 6.61 Å². The molecule has 0 aliphatic carbocycles. The monoisotopic (exact) mass is 444 g/mol. The molecule has 1 aliphatic rings. The van der Waals surface area contributed by atoms with Crippen LogP contribution < -0.4 is 0 Å². The van der Waals surface area contributed by atoms with Crippen molar-refractivity contribution in [1.29, 1.82) is 0 Å². The molecule has 1 heterocycles. The van der Waals surface area contributed by atoms with Crippen LogP contribution >= 0.6 is 0 Å². The van der Waals surface area contributed by atoms with Crippen LogP contribution in [0.4, 0.5) is 0 Å². The third-order valence-corrected chi connectivity index (χ3v) is 6.84. The molecule has 0 bridgehead atoms. The molecule has 0 saturated carbocycles. The van der Waals surface area contributed by atoms with Gasteiger partial charge < -0.3 is 9.47 Å². The molecule has 0 radical (unpaired) electrons. The molecule has 0 amide bonds. The van der Waals surface area contributed by atoms with Crippen LogP contribution in [0.2, 0.25) is 0 Å². The van der Waals surface area contributed by atoms with E-state index in [4.69, 9.17) is 9.47 Å².